The number of aliphatic hydroxyl groups is 1. The number of hydrogen-bond donors (Lipinski definition) is 1. The largest absolute Gasteiger partial charge is 0.507 e. The van der Waals surface area contributed by atoms with Gasteiger partial charge in [-0.1, -0.05) is 39.0 Å². The first-order chi connectivity index (χ1) is 17.1. The topological polar surface area (TPSA) is 79.7 Å². The van der Waals surface area contributed by atoms with Crippen molar-refractivity contribution < 1.29 is 23.8 Å². The van der Waals surface area contributed by atoms with Gasteiger partial charge in [-0.15, -0.1) is 0 Å². The summed E-state index contributed by atoms with van der Waals surface area (Å²) in [5.41, 5.74) is 2.27. The van der Waals surface area contributed by atoms with Crippen LogP contribution in [0.1, 0.15) is 49.2 Å². The van der Waals surface area contributed by atoms with Crippen LogP contribution in [0.4, 0.5) is 4.39 Å². The van der Waals surface area contributed by atoms with E-state index in [0.717, 1.165) is 11.1 Å². The molecule has 1 atom stereocenters. The number of Topliss-reactive ketones (excluding diaryl/α,β-unsaturated/α-hetero) is 1. The van der Waals surface area contributed by atoms with Crippen LogP contribution in [0.3, 0.4) is 0 Å². The van der Waals surface area contributed by atoms with Gasteiger partial charge in [0.2, 0.25) is 0 Å². The van der Waals surface area contributed by atoms with Crippen LogP contribution in [0.2, 0.25) is 0 Å². The van der Waals surface area contributed by atoms with Crippen LogP contribution in [0.5, 0.6) is 5.75 Å². The Balaban J connectivity index is 1.80. The summed E-state index contributed by atoms with van der Waals surface area (Å²) in [5, 5.41) is 11.4. The van der Waals surface area contributed by atoms with Gasteiger partial charge in [0, 0.05) is 23.9 Å². The smallest absolute Gasteiger partial charge is 0.295 e. The lowest BCUT2D eigenvalue weighted by Crippen LogP contribution is -2.32. The predicted molar refractivity (Wildman–Crippen MR) is 135 cm³/mol. The minimum atomic E-state index is -0.855. The van der Waals surface area contributed by atoms with E-state index in [-0.39, 0.29) is 29.1 Å². The maximum absolute atomic E-state index is 13.3. The third kappa shape index (κ3) is 4.87. The average Bonchev–Trinajstić information content (AvgIpc) is 3.12. The predicted octanol–water partition coefficient (Wildman–Crippen LogP) is 5.19. The van der Waals surface area contributed by atoms with Crippen LogP contribution < -0.4 is 4.74 Å². The first kappa shape index (κ1) is 25.1. The van der Waals surface area contributed by atoms with Gasteiger partial charge in [-0.25, -0.2) is 4.39 Å². The number of benzene rings is 2. The minimum Gasteiger partial charge on any atom is -0.507 e. The van der Waals surface area contributed by atoms with Crippen molar-refractivity contribution in [1.82, 2.24) is 9.88 Å². The van der Waals surface area contributed by atoms with Crippen molar-refractivity contribution in [2.24, 2.45) is 0 Å². The zero-order chi connectivity index (χ0) is 26.0. The maximum atomic E-state index is 13.3. The number of pyridine rings is 1. The molecule has 1 aliphatic rings. The van der Waals surface area contributed by atoms with Crippen molar-refractivity contribution >= 4 is 17.4 Å². The minimum absolute atomic E-state index is 0.0113. The van der Waals surface area contributed by atoms with E-state index in [4.69, 9.17) is 4.74 Å². The van der Waals surface area contributed by atoms with E-state index >= 15 is 0 Å². The molecule has 1 amide bonds. The summed E-state index contributed by atoms with van der Waals surface area (Å²) in [6.45, 7) is 6.27. The highest BCUT2D eigenvalue weighted by molar-refractivity contribution is 6.46. The number of carbonyl (C=O) groups excluding carboxylic acids is 2. The van der Waals surface area contributed by atoms with Crippen LogP contribution in [0.15, 0.2) is 72.4 Å². The van der Waals surface area contributed by atoms with Crippen LogP contribution in [-0.4, -0.2) is 40.3 Å². The average molecular weight is 489 g/mol. The Morgan fingerprint density at radius 1 is 1.08 bits per heavy atom. The SMILES string of the molecule is COc1ccc(/C(O)=C2/C(=O)C(=O)N(CCc3ccc(F)cc3)C2c2ccccn2)cc1C(C)(C)C. The number of rotatable bonds is 6. The number of nitrogens with zero attached hydrogens (tertiary/aromatic N) is 2. The molecule has 2 aromatic carbocycles. The summed E-state index contributed by atoms with van der Waals surface area (Å²) in [7, 11) is 1.58. The molecule has 1 unspecified atom stereocenters. The Morgan fingerprint density at radius 3 is 2.42 bits per heavy atom. The summed E-state index contributed by atoms with van der Waals surface area (Å²) >= 11 is 0. The first-order valence-corrected chi connectivity index (χ1v) is 11.7. The van der Waals surface area contributed by atoms with Crippen molar-refractivity contribution in [2.75, 3.05) is 13.7 Å². The van der Waals surface area contributed by atoms with Crippen molar-refractivity contribution in [2.45, 2.75) is 38.6 Å². The van der Waals surface area contributed by atoms with Gasteiger partial charge in [-0.3, -0.25) is 14.6 Å². The van der Waals surface area contributed by atoms with E-state index in [0.29, 0.717) is 23.4 Å². The van der Waals surface area contributed by atoms with Crippen molar-refractivity contribution in [1.29, 1.82) is 0 Å². The Bertz CT molecular complexity index is 1310. The van der Waals surface area contributed by atoms with E-state index in [1.54, 1.807) is 61.8 Å². The number of ketones is 1. The van der Waals surface area contributed by atoms with Gasteiger partial charge in [0.1, 0.15) is 23.4 Å². The molecule has 4 rings (SSSR count). The highest BCUT2D eigenvalue weighted by atomic mass is 19.1. The number of ether oxygens (including phenoxy) is 1. The number of carbonyl (C=O) groups is 2. The van der Waals surface area contributed by atoms with Crippen molar-refractivity contribution in [3.63, 3.8) is 0 Å². The molecule has 2 heterocycles. The van der Waals surface area contributed by atoms with Crippen molar-refractivity contribution in [3.8, 4) is 5.75 Å². The molecule has 0 radical (unpaired) electrons. The molecule has 186 valence electrons. The Labute approximate surface area is 210 Å². The van der Waals surface area contributed by atoms with Crippen molar-refractivity contribution in [3.05, 3.63) is 101 Å². The highest BCUT2D eigenvalue weighted by Gasteiger charge is 2.46. The lowest BCUT2D eigenvalue weighted by Gasteiger charge is -2.25. The number of aromatic nitrogens is 1. The fourth-order valence-corrected chi connectivity index (χ4v) is 4.45. The number of halogens is 1. The molecule has 6 nitrogen and oxygen atoms in total. The molecule has 36 heavy (non-hydrogen) atoms. The molecule has 1 N–H and O–H groups in total. The second kappa shape index (κ2) is 9.93. The molecule has 1 saturated heterocycles. The van der Waals surface area contributed by atoms with E-state index in [9.17, 15) is 19.1 Å². The quantitative estimate of drug-likeness (QED) is 0.293. The molecule has 7 heteroatoms. The maximum Gasteiger partial charge on any atom is 0.295 e. The lowest BCUT2D eigenvalue weighted by atomic mass is 9.84. The first-order valence-electron chi connectivity index (χ1n) is 11.7. The Morgan fingerprint density at radius 2 is 1.81 bits per heavy atom. The Kier molecular flexibility index (Phi) is 6.93. The van der Waals surface area contributed by atoms with E-state index in [1.165, 1.54) is 17.0 Å². The fourth-order valence-electron chi connectivity index (χ4n) is 4.45. The van der Waals surface area contributed by atoms with Crippen LogP contribution in [-0.2, 0) is 21.4 Å². The number of aliphatic hydroxyl groups excluding tert-OH is 1. The standard InChI is InChI=1S/C29H29FN2O4/c1-29(2,3)21-17-19(10-13-23(21)36-4)26(33)24-25(22-7-5-6-15-31-22)32(28(35)27(24)34)16-14-18-8-11-20(30)12-9-18/h5-13,15,17,25,33H,14,16H2,1-4H3/b26-24-. The van der Waals surface area contributed by atoms with Gasteiger partial charge in [0.25, 0.3) is 11.7 Å². The fraction of sp³-hybridized carbons (Fsp3) is 0.276. The molecule has 3 aromatic rings. The molecule has 1 fully saturated rings. The molecule has 0 bridgehead atoms. The van der Waals surface area contributed by atoms with Gasteiger partial charge >= 0.3 is 0 Å². The van der Waals surface area contributed by atoms with Gasteiger partial charge in [0.05, 0.1) is 18.4 Å². The lowest BCUT2D eigenvalue weighted by molar-refractivity contribution is -0.139. The van der Waals surface area contributed by atoms with Gasteiger partial charge in [-0.2, -0.15) is 0 Å². The zero-order valence-corrected chi connectivity index (χ0v) is 20.8. The summed E-state index contributed by atoms with van der Waals surface area (Å²) in [4.78, 5) is 32.2. The van der Waals surface area contributed by atoms with Gasteiger partial charge in [0.15, 0.2) is 0 Å². The second-order valence-electron chi connectivity index (χ2n) is 9.79. The van der Waals surface area contributed by atoms with E-state index in [2.05, 4.69) is 4.98 Å². The molecule has 0 spiro atoms. The number of amides is 1. The third-order valence-corrected chi connectivity index (χ3v) is 6.34. The van der Waals surface area contributed by atoms with Crippen LogP contribution in [0, 0.1) is 5.82 Å². The highest BCUT2D eigenvalue weighted by Crippen LogP contribution is 2.40. The molecule has 0 aliphatic carbocycles. The molecule has 0 saturated carbocycles. The number of hydrogen-bond acceptors (Lipinski definition) is 5. The van der Waals surface area contributed by atoms with Gasteiger partial charge in [-0.05, 0) is 59.9 Å². The molecule has 1 aliphatic heterocycles. The van der Waals surface area contributed by atoms with E-state index < -0.39 is 17.7 Å². The second-order valence-corrected chi connectivity index (χ2v) is 9.79. The monoisotopic (exact) mass is 488 g/mol. The molecule has 1 aromatic heterocycles. The molecular weight excluding hydrogens is 459 g/mol. The molecular formula is C29H29FN2O4. The summed E-state index contributed by atoms with van der Waals surface area (Å²) < 4.78 is 18.8. The number of likely N-dealkylation sites (tertiary alicyclic amines) is 1. The van der Waals surface area contributed by atoms with E-state index in [1.807, 2.05) is 20.8 Å². The summed E-state index contributed by atoms with van der Waals surface area (Å²) in [6.07, 6.45) is 1.99. The summed E-state index contributed by atoms with van der Waals surface area (Å²) in [6, 6.07) is 15.6. The normalized spacial score (nSPS) is 17.5. The zero-order valence-electron chi connectivity index (χ0n) is 20.8. The van der Waals surface area contributed by atoms with Crippen LogP contribution in [0.25, 0.3) is 5.76 Å². The summed E-state index contributed by atoms with van der Waals surface area (Å²) in [5.74, 6) is -1.42. The Hall–Kier alpha value is -4.00. The van der Waals surface area contributed by atoms with Gasteiger partial charge < -0.3 is 14.7 Å². The third-order valence-electron chi connectivity index (χ3n) is 6.34. The number of methoxy groups -OCH3 is 1. The van der Waals surface area contributed by atoms with Crippen LogP contribution >= 0.6 is 0 Å².